The van der Waals surface area contributed by atoms with Gasteiger partial charge in [-0.25, -0.2) is 4.79 Å². The number of carbonyl (C=O) groups is 1. The summed E-state index contributed by atoms with van der Waals surface area (Å²) in [6.07, 6.45) is 5.43. The van der Waals surface area contributed by atoms with Gasteiger partial charge in [-0.3, -0.25) is 0 Å². The van der Waals surface area contributed by atoms with Gasteiger partial charge in [0.25, 0.3) is 0 Å². The molecule has 0 spiro atoms. The smallest absolute Gasteiger partial charge is 0.331 e. The minimum Gasteiger partial charge on any atom is -0.457 e. The molecule has 0 aliphatic carbocycles. The highest BCUT2D eigenvalue weighted by Crippen LogP contribution is 2.17. The summed E-state index contributed by atoms with van der Waals surface area (Å²) in [6, 6.07) is 9.78. The number of aliphatic hydroxyl groups excluding tert-OH is 1. The first-order valence-electron chi connectivity index (χ1n) is 6.69. The molecule has 0 heterocycles. The number of esters is 1. The average Bonchev–Trinajstić information content (AvgIpc) is 2.36. The van der Waals surface area contributed by atoms with Crippen LogP contribution in [-0.4, -0.2) is 23.3 Å². The largest absolute Gasteiger partial charge is 0.457 e. The Balaban J connectivity index is 2.76. The minimum absolute atomic E-state index is 0.0704. The summed E-state index contributed by atoms with van der Waals surface area (Å²) in [5.41, 5.74) is 1.53. The van der Waals surface area contributed by atoms with E-state index >= 15 is 0 Å². The second kappa shape index (κ2) is 7.65. The maximum absolute atomic E-state index is 11.5. The quantitative estimate of drug-likeness (QED) is 0.509. The van der Waals surface area contributed by atoms with Crippen molar-refractivity contribution in [2.45, 2.75) is 32.8 Å². The predicted octanol–water partition coefficient (Wildman–Crippen LogP) is 3.35. The van der Waals surface area contributed by atoms with Gasteiger partial charge in [-0.15, -0.1) is 0 Å². The summed E-state index contributed by atoms with van der Waals surface area (Å²) in [4.78, 5) is 11.5. The molecule has 0 saturated carbocycles. The van der Waals surface area contributed by atoms with Crippen molar-refractivity contribution >= 4 is 11.5 Å². The van der Waals surface area contributed by atoms with Crippen LogP contribution in [0.5, 0.6) is 0 Å². The molecule has 108 valence electrons. The number of ether oxygens (including phenoxy) is 1. The lowest BCUT2D eigenvalue weighted by molar-refractivity contribution is -0.148. The Bertz CT molecular complexity index is 479. The second-order valence-corrected chi connectivity index (χ2v) is 5.42. The average molecular weight is 274 g/mol. The van der Waals surface area contributed by atoms with Crippen molar-refractivity contribution in [3.8, 4) is 0 Å². The third-order valence-corrected chi connectivity index (χ3v) is 2.46. The summed E-state index contributed by atoms with van der Waals surface area (Å²) in [7, 11) is 0. The van der Waals surface area contributed by atoms with E-state index < -0.39 is 5.60 Å². The molecule has 1 aromatic rings. The lowest BCUT2D eigenvalue weighted by atomic mass is 10.0. The first-order valence-corrected chi connectivity index (χ1v) is 6.69. The van der Waals surface area contributed by atoms with Crippen molar-refractivity contribution in [3.63, 3.8) is 0 Å². The summed E-state index contributed by atoms with van der Waals surface area (Å²) in [5, 5.41) is 9.10. The van der Waals surface area contributed by atoms with E-state index in [1.807, 2.05) is 57.2 Å². The molecule has 0 radical (unpaired) electrons. The Labute approximate surface area is 120 Å². The molecule has 0 amide bonds. The van der Waals surface area contributed by atoms with Crippen molar-refractivity contribution in [1.29, 1.82) is 0 Å². The van der Waals surface area contributed by atoms with Gasteiger partial charge in [-0.2, -0.15) is 0 Å². The fraction of sp³-hybridized carbons (Fsp3) is 0.353. The van der Waals surface area contributed by atoms with Gasteiger partial charge in [0.15, 0.2) is 0 Å². The maximum atomic E-state index is 11.5. The molecular weight excluding hydrogens is 252 g/mol. The lowest BCUT2D eigenvalue weighted by Gasteiger charge is -2.17. The summed E-state index contributed by atoms with van der Waals surface area (Å²) in [6.45, 7) is 5.56. The van der Waals surface area contributed by atoms with Gasteiger partial charge in [0.05, 0.1) is 0 Å². The Hall–Kier alpha value is -1.87. The summed E-state index contributed by atoms with van der Waals surface area (Å²) >= 11 is 0. The van der Waals surface area contributed by atoms with E-state index in [1.54, 1.807) is 6.08 Å². The topological polar surface area (TPSA) is 46.5 Å². The maximum Gasteiger partial charge on any atom is 0.331 e. The molecule has 0 unspecified atom stereocenters. The van der Waals surface area contributed by atoms with Crippen LogP contribution in [-0.2, 0) is 9.53 Å². The third-order valence-electron chi connectivity index (χ3n) is 2.46. The molecule has 0 bridgehead atoms. The molecule has 1 N–H and O–H groups in total. The fourth-order valence-electron chi connectivity index (χ4n) is 1.68. The van der Waals surface area contributed by atoms with E-state index in [4.69, 9.17) is 9.84 Å². The van der Waals surface area contributed by atoms with Crippen LogP contribution in [0.4, 0.5) is 0 Å². The molecular formula is C17H22O3. The number of hydrogen-bond donors (Lipinski definition) is 1. The van der Waals surface area contributed by atoms with E-state index in [-0.39, 0.29) is 12.6 Å². The lowest BCUT2D eigenvalue weighted by Crippen LogP contribution is -2.22. The Morgan fingerprint density at radius 1 is 1.25 bits per heavy atom. The fourth-order valence-corrected chi connectivity index (χ4v) is 1.68. The molecule has 0 aliphatic rings. The predicted molar refractivity (Wildman–Crippen MR) is 81.1 cm³/mol. The van der Waals surface area contributed by atoms with Crippen LogP contribution in [0.2, 0.25) is 0 Å². The van der Waals surface area contributed by atoms with Crippen LogP contribution in [0.3, 0.4) is 0 Å². The minimum atomic E-state index is -0.488. The van der Waals surface area contributed by atoms with Gasteiger partial charge in [0.1, 0.15) is 5.60 Å². The monoisotopic (exact) mass is 274 g/mol. The molecule has 0 aromatic heterocycles. The van der Waals surface area contributed by atoms with Crippen molar-refractivity contribution in [2.75, 3.05) is 6.61 Å². The van der Waals surface area contributed by atoms with Crippen LogP contribution in [0.25, 0.3) is 5.57 Å². The molecule has 1 aromatic carbocycles. The molecule has 1 rings (SSSR count). The van der Waals surface area contributed by atoms with E-state index in [0.717, 1.165) is 11.1 Å². The number of carbonyl (C=O) groups excluding carboxylic acids is 1. The first kappa shape index (κ1) is 16.2. The second-order valence-electron chi connectivity index (χ2n) is 5.42. The normalized spacial score (nSPS) is 12.7. The van der Waals surface area contributed by atoms with Crippen LogP contribution in [0.1, 0.15) is 32.8 Å². The van der Waals surface area contributed by atoms with E-state index in [2.05, 4.69) is 0 Å². The molecule has 0 aliphatic heterocycles. The van der Waals surface area contributed by atoms with E-state index in [9.17, 15) is 4.79 Å². The van der Waals surface area contributed by atoms with Crippen LogP contribution >= 0.6 is 0 Å². The zero-order valence-corrected chi connectivity index (χ0v) is 12.3. The molecule has 0 saturated heterocycles. The Morgan fingerprint density at radius 2 is 1.90 bits per heavy atom. The van der Waals surface area contributed by atoms with Crippen LogP contribution < -0.4 is 0 Å². The van der Waals surface area contributed by atoms with Crippen molar-refractivity contribution < 1.29 is 14.6 Å². The van der Waals surface area contributed by atoms with Crippen LogP contribution in [0, 0.1) is 0 Å². The van der Waals surface area contributed by atoms with Gasteiger partial charge in [0.2, 0.25) is 0 Å². The van der Waals surface area contributed by atoms with Gasteiger partial charge in [-0.05, 0) is 38.3 Å². The number of rotatable bonds is 5. The highest BCUT2D eigenvalue weighted by atomic mass is 16.6. The summed E-state index contributed by atoms with van der Waals surface area (Å²) in [5.74, 6) is -0.370. The zero-order chi connectivity index (χ0) is 15.0. The molecule has 20 heavy (non-hydrogen) atoms. The van der Waals surface area contributed by atoms with Gasteiger partial charge in [0, 0.05) is 12.7 Å². The molecule has 0 fully saturated rings. The first-order chi connectivity index (χ1) is 9.42. The Kier molecular flexibility index (Phi) is 6.19. The number of benzene rings is 1. The Morgan fingerprint density at radius 3 is 2.45 bits per heavy atom. The molecule has 3 heteroatoms. The highest BCUT2D eigenvalue weighted by Gasteiger charge is 2.13. The van der Waals surface area contributed by atoms with Crippen molar-refractivity contribution in [3.05, 3.63) is 54.1 Å². The third kappa shape index (κ3) is 6.34. The van der Waals surface area contributed by atoms with Crippen molar-refractivity contribution in [2.24, 2.45) is 0 Å². The standard InChI is InChI=1S/C17H22O3/c1-17(2,3)20-16(19)11-7-10-15(12-13-18)14-8-5-4-6-9-14/h4-11,18H,12-13H2,1-3H3/b11-7+,15-10+. The van der Waals surface area contributed by atoms with Crippen molar-refractivity contribution in [1.82, 2.24) is 0 Å². The number of aliphatic hydroxyl groups is 1. The molecule has 3 nitrogen and oxygen atoms in total. The number of allylic oxidation sites excluding steroid dienone is 2. The van der Waals surface area contributed by atoms with E-state index in [0.29, 0.717) is 6.42 Å². The zero-order valence-electron chi connectivity index (χ0n) is 12.3. The number of hydrogen-bond acceptors (Lipinski definition) is 3. The summed E-state index contributed by atoms with van der Waals surface area (Å²) < 4.78 is 5.18. The van der Waals surface area contributed by atoms with E-state index in [1.165, 1.54) is 6.08 Å². The van der Waals surface area contributed by atoms with Gasteiger partial charge < -0.3 is 9.84 Å². The van der Waals surface area contributed by atoms with Gasteiger partial charge in [-0.1, -0.05) is 42.5 Å². The SMILES string of the molecule is CC(C)(C)OC(=O)/C=C/C=C(\CCO)c1ccccc1. The van der Waals surface area contributed by atoms with Crippen LogP contribution in [0.15, 0.2) is 48.6 Å². The molecule has 0 atom stereocenters. The highest BCUT2D eigenvalue weighted by molar-refractivity contribution is 5.83. The van der Waals surface area contributed by atoms with Gasteiger partial charge >= 0.3 is 5.97 Å².